The van der Waals surface area contributed by atoms with Crippen molar-refractivity contribution < 1.29 is 23.8 Å². The smallest absolute Gasteiger partial charge is 0.323 e. The van der Waals surface area contributed by atoms with Gasteiger partial charge in [-0.15, -0.1) is 11.6 Å². The lowest BCUT2D eigenvalue weighted by Gasteiger charge is -2.34. The summed E-state index contributed by atoms with van der Waals surface area (Å²) in [5, 5.41) is 9.44. The summed E-state index contributed by atoms with van der Waals surface area (Å²) in [5.41, 5.74) is 2.94. The van der Waals surface area contributed by atoms with Crippen LogP contribution in [0.15, 0.2) is 72.9 Å². The van der Waals surface area contributed by atoms with Crippen LogP contribution in [-0.4, -0.2) is 56.2 Å². The molecular weight excluding hydrogens is 558 g/mol. The number of hydrogen-bond donors (Lipinski definition) is 3. The van der Waals surface area contributed by atoms with E-state index in [0.29, 0.717) is 46.4 Å². The number of carbonyl (C=O) groups is 2. The van der Waals surface area contributed by atoms with E-state index in [1.165, 1.54) is 0 Å². The number of nitrogens with one attached hydrogen (secondary N) is 3. The van der Waals surface area contributed by atoms with Crippen molar-refractivity contribution in [2.75, 3.05) is 48.7 Å². The number of rotatable bonds is 9. The second-order valence-corrected chi connectivity index (χ2v) is 10.0. The highest BCUT2D eigenvalue weighted by molar-refractivity contribution is 6.27. The Bertz CT molecular complexity index is 1570. The third-order valence-electron chi connectivity index (χ3n) is 6.92. The molecule has 218 valence electrons. The molecule has 3 amide bonds. The Balaban J connectivity index is 1.21. The first-order valence-corrected chi connectivity index (χ1v) is 14.1. The molecule has 10 nitrogen and oxygen atoms in total. The molecule has 11 heteroatoms. The Kier molecular flexibility index (Phi) is 9.13. The van der Waals surface area contributed by atoms with Crippen LogP contribution in [0, 0.1) is 0 Å². The van der Waals surface area contributed by atoms with Crippen molar-refractivity contribution >= 4 is 51.5 Å². The molecule has 0 aliphatic carbocycles. The van der Waals surface area contributed by atoms with Gasteiger partial charge in [0.25, 0.3) is 0 Å². The Morgan fingerprint density at radius 2 is 1.71 bits per heavy atom. The zero-order valence-electron chi connectivity index (χ0n) is 23.4. The monoisotopic (exact) mass is 589 g/mol. The number of nitrogens with zero attached hydrogens (tertiary/aromatic N) is 2. The topological polar surface area (TPSA) is 114 Å². The highest BCUT2D eigenvalue weighted by Crippen LogP contribution is 2.37. The number of carbonyl (C=O) groups excluding carboxylic acids is 2. The van der Waals surface area contributed by atoms with Crippen LogP contribution in [0.2, 0.25) is 0 Å². The second-order valence-electron chi connectivity index (χ2n) is 9.78. The molecule has 1 atom stereocenters. The molecule has 1 aromatic heterocycles. The zero-order chi connectivity index (χ0) is 29.5. The molecule has 0 radical (unpaired) electrons. The van der Waals surface area contributed by atoms with Crippen molar-refractivity contribution in [2.45, 2.75) is 18.9 Å². The number of amides is 3. The highest BCUT2D eigenvalue weighted by atomic mass is 35.5. The summed E-state index contributed by atoms with van der Waals surface area (Å²) in [5.74, 6) is 2.09. The van der Waals surface area contributed by atoms with Gasteiger partial charge in [0.15, 0.2) is 11.5 Å². The molecule has 0 bridgehead atoms. The summed E-state index contributed by atoms with van der Waals surface area (Å²) in [6.07, 6.45) is 3.56. The summed E-state index contributed by atoms with van der Waals surface area (Å²) in [6.45, 7) is 1.61. The molecule has 3 aromatic carbocycles. The molecule has 0 saturated carbocycles. The molecule has 1 fully saturated rings. The van der Waals surface area contributed by atoms with E-state index in [1.54, 1.807) is 56.8 Å². The number of halogens is 1. The number of ether oxygens (including phenoxy) is 3. The maximum Gasteiger partial charge on any atom is 0.323 e. The van der Waals surface area contributed by atoms with E-state index in [9.17, 15) is 9.59 Å². The third kappa shape index (κ3) is 6.95. The van der Waals surface area contributed by atoms with Gasteiger partial charge in [-0.1, -0.05) is 6.07 Å². The lowest BCUT2D eigenvalue weighted by molar-refractivity contribution is -0.119. The van der Waals surface area contributed by atoms with E-state index in [-0.39, 0.29) is 23.9 Å². The number of hydrogen-bond acceptors (Lipinski definition) is 7. The van der Waals surface area contributed by atoms with Gasteiger partial charge in [0.05, 0.1) is 19.7 Å². The predicted molar refractivity (Wildman–Crippen MR) is 165 cm³/mol. The van der Waals surface area contributed by atoms with Crippen LogP contribution in [0.1, 0.15) is 12.8 Å². The van der Waals surface area contributed by atoms with Gasteiger partial charge in [0, 0.05) is 59.9 Å². The van der Waals surface area contributed by atoms with Gasteiger partial charge in [-0.2, -0.15) is 0 Å². The molecule has 4 aromatic rings. The van der Waals surface area contributed by atoms with Crippen molar-refractivity contribution in [3.05, 3.63) is 72.9 Å². The third-order valence-corrected chi connectivity index (χ3v) is 7.17. The Labute approximate surface area is 248 Å². The van der Waals surface area contributed by atoms with E-state index in [1.807, 2.05) is 30.3 Å². The van der Waals surface area contributed by atoms with Gasteiger partial charge in [-0.05, 0) is 61.4 Å². The standard InChI is InChI=1S/C31H32ClN5O5/c1-40-28-16-25-26(17-29(28)41-2)33-13-12-27(25)42-24-7-3-5-21(15-24)36-31(39)35-20-8-10-23(11-9-20)37-14-4-6-22(19-37)34-30(38)18-32/h3,5,7-13,15-17,22H,4,6,14,18-19H2,1-2H3,(H,34,38)(H2,35,36,39). The van der Waals surface area contributed by atoms with Crippen LogP contribution >= 0.6 is 11.6 Å². The average Bonchev–Trinajstić information content (AvgIpc) is 3.01. The largest absolute Gasteiger partial charge is 0.493 e. The number of methoxy groups -OCH3 is 2. The molecule has 3 N–H and O–H groups in total. The van der Waals surface area contributed by atoms with Crippen LogP contribution < -0.4 is 35.1 Å². The second kappa shape index (κ2) is 13.3. The van der Waals surface area contributed by atoms with E-state index in [2.05, 4.69) is 25.8 Å². The number of alkyl halides is 1. The average molecular weight is 590 g/mol. The first-order valence-electron chi connectivity index (χ1n) is 13.5. The van der Waals surface area contributed by atoms with Crippen molar-refractivity contribution in [1.29, 1.82) is 0 Å². The molecular formula is C31H32ClN5O5. The van der Waals surface area contributed by atoms with Crippen molar-refractivity contribution in [2.24, 2.45) is 0 Å². The minimum absolute atomic E-state index is 0.0379. The van der Waals surface area contributed by atoms with Crippen LogP contribution in [-0.2, 0) is 4.79 Å². The Hall–Kier alpha value is -4.70. The van der Waals surface area contributed by atoms with E-state index in [4.69, 9.17) is 25.8 Å². The first kappa shape index (κ1) is 28.8. The van der Waals surface area contributed by atoms with Crippen LogP contribution in [0.3, 0.4) is 0 Å². The number of pyridine rings is 1. The van der Waals surface area contributed by atoms with Crippen molar-refractivity contribution in [3.8, 4) is 23.0 Å². The van der Waals surface area contributed by atoms with Crippen molar-refractivity contribution in [3.63, 3.8) is 0 Å². The van der Waals surface area contributed by atoms with Gasteiger partial charge >= 0.3 is 6.03 Å². The lowest BCUT2D eigenvalue weighted by Crippen LogP contribution is -2.48. The first-order chi connectivity index (χ1) is 20.4. The molecule has 1 aliphatic heterocycles. The van der Waals surface area contributed by atoms with Crippen LogP contribution in [0.4, 0.5) is 21.9 Å². The highest BCUT2D eigenvalue weighted by Gasteiger charge is 2.21. The van der Waals surface area contributed by atoms with Gasteiger partial charge < -0.3 is 35.1 Å². The minimum Gasteiger partial charge on any atom is -0.493 e. The summed E-state index contributed by atoms with van der Waals surface area (Å²) < 4.78 is 17.0. The Morgan fingerprint density at radius 3 is 2.48 bits per heavy atom. The number of piperidine rings is 1. The molecule has 0 spiro atoms. The van der Waals surface area contributed by atoms with E-state index < -0.39 is 0 Å². The summed E-state index contributed by atoms with van der Waals surface area (Å²) >= 11 is 5.63. The zero-order valence-corrected chi connectivity index (χ0v) is 24.1. The number of fused-ring (bicyclic) bond motifs is 1. The summed E-state index contributed by atoms with van der Waals surface area (Å²) in [4.78, 5) is 31.1. The lowest BCUT2D eigenvalue weighted by atomic mass is 10.0. The maximum atomic E-state index is 12.8. The molecule has 42 heavy (non-hydrogen) atoms. The fourth-order valence-electron chi connectivity index (χ4n) is 4.95. The molecule has 1 aliphatic rings. The van der Waals surface area contributed by atoms with E-state index in [0.717, 1.165) is 30.5 Å². The molecule has 1 saturated heterocycles. The van der Waals surface area contributed by atoms with Gasteiger partial charge in [-0.3, -0.25) is 9.78 Å². The van der Waals surface area contributed by atoms with Crippen molar-refractivity contribution in [1.82, 2.24) is 10.3 Å². The predicted octanol–water partition coefficient (Wildman–Crippen LogP) is 6.01. The minimum atomic E-state index is -0.382. The SMILES string of the molecule is COc1cc2nccc(Oc3cccc(NC(=O)Nc4ccc(N5CCCC(NC(=O)CCl)C5)cc4)c3)c2cc1OC. The Morgan fingerprint density at radius 1 is 0.952 bits per heavy atom. The number of urea groups is 1. The van der Waals surface area contributed by atoms with Gasteiger partial charge in [-0.25, -0.2) is 4.79 Å². The number of benzene rings is 3. The summed E-state index contributed by atoms with van der Waals surface area (Å²) in [7, 11) is 3.15. The molecule has 2 heterocycles. The molecule has 1 unspecified atom stereocenters. The quantitative estimate of drug-likeness (QED) is 0.205. The van der Waals surface area contributed by atoms with Gasteiger partial charge in [0.1, 0.15) is 17.4 Å². The normalized spacial score (nSPS) is 14.6. The van der Waals surface area contributed by atoms with Crippen LogP contribution in [0.25, 0.3) is 10.9 Å². The van der Waals surface area contributed by atoms with Crippen LogP contribution in [0.5, 0.6) is 23.0 Å². The number of aromatic nitrogens is 1. The van der Waals surface area contributed by atoms with Gasteiger partial charge in [0.2, 0.25) is 5.91 Å². The number of anilines is 3. The fraction of sp³-hybridized carbons (Fsp3) is 0.258. The van der Waals surface area contributed by atoms with E-state index >= 15 is 0 Å². The molecule has 5 rings (SSSR count). The summed E-state index contributed by atoms with van der Waals surface area (Å²) in [6, 6.07) is 19.8. The maximum absolute atomic E-state index is 12.8. The fourth-order valence-corrected chi connectivity index (χ4v) is 5.02.